The van der Waals surface area contributed by atoms with Crippen LogP contribution in [0, 0.1) is 5.92 Å². The molecule has 4 rings (SSSR count). The molecule has 33 heavy (non-hydrogen) atoms. The van der Waals surface area contributed by atoms with Gasteiger partial charge >= 0.3 is 16.1 Å². The number of amides is 2. The second-order valence-corrected chi connectivity index (χ2v) is 9.43. The Hall–Kier alpha value is -3.14. The van der Waals surface area contributed by atoms with Crippen molar-refractivity contribution in [1.82, 2.24) is 14.9 Å². The van der Waals surface area contributed by atoms with Gasteiger partial charge in [0.25, 0.3) is 0 Å². The Morgan fingerprint density at radius 3 is 2.09 bits per heavy atom. The molecule has 0 saturated carbocycles. The van der Waals surface area contributed by atoms with E-state index < -0.39 is 27.9 Å². The van der Waals surface area contributed by atoms with E-state index in [4.69, 9.17) is 0 Å². The van der Waals surface area contributed by atoms with Gasteiger partial charge in [-0.15, -0.1) is 8.42 Å². The van der Waals surface area contributed by atoms with Crippen LogP contribution in [0.4, 0.5) is 0 Å². The number of likely N-dealkylation sites (N-methyl/N-ethyl adjacent to an activating group) is 1. The average Bonchev–Trinajstić information content (AvgIpc) is 3.33. The Morgan fingerprint density at radius 2 is 1.52 bits per heavy atom. The first-order valence-electron chi connectivity index (χ1n) is 11.0. The third kappa shape index (κ3) is 4.27. The lowest BCUT2D eigenvalue weighted by Crippen LogP contribution is -2.43. The summed E-state index contributed by atoms with van der Waals surface area (Å²) >= 11 is 0. The van der Waals surface area contributed by atoms with Crippen LogP contribution in [0.5, 0.6) is 0 Å². The van der Waals surface area contributed by atoms with E-state index in [2.05, 4.69) is 14.9 Å². The molecule has 1 atom stereocenters. The van der Waals surface area contributed by atoms with Crippen molar-refractivity contribution in [3.05, 3.63) is 77.4 Å². The summed E-state index contributed by atoms with van der Waals surface area (Å²) < 4.78 is 30.1. The summed E-state index contributed by atoms with van der Waals surface area (Å²) in [6.45, 7) is 6.24. The Labute approximate surface area is 193 Å². The normalized spacial score (nSPS) is 18.3. The second-order valence-electron chi connectivity index (χ2n) is 7.82. The monoisotopic (exact) mass is 467 g/mol. The Balaban J connectivity index is 1.81. The number of hydrogen-bond acceptors (Lipinski definition) is 5. The standard InChI is InChI=1S/C24H26N4O4S/c1-3-27(4-2)16-15-25-33(31,32)28-22(18-13-9-6-10-14-18)20-19(24(28)30)21(26-23(20)29)17-11-7-5-8-12-17/h5-14,20,25H,3-4,15-16H2,1-2H3/p+1. The summed E-state index contributed by atoms with van der Waals surface area (Å²) in [7, 11) is -4.23. The number of hydrogen-bond donors (Lipinski definition) is 2. The fourth-order valence-electron chi connectivity index (χ4n) is 4.27. The highest BCUT2D eigenvalue weighted by atomic mass is 32.2. The van der Waals surface area contributed by atoms with Gasteiger partial charge in [0.2, 0.25) is 11.6 Å². The first-order chi connectivity index (χ1) is 15.9. The van der Waals surface area contributed by atoms with E-state index in [0.717, 1.165) is 17.1 Å². The van der Waals surface area contributed by atoms with Crippen LogP contribution in [-0.2, 0) is 19.8 Å². The van der Waals surface area contributed by atoms with Crippen LogP contribution in [0.3, 0.4) is 0 Å². The minimum Gasteiger partial charge on any atom is -0.324 e. The van der Waals surface area contributed by atoms with Gasteiger partial charge in [0.05, 0.1) is 5.70 Å². The number of carbonyl (C=O) groups is 2. The van der Waals surface area contributed by atoms with Crippen LogP contribution >= 0.6 is 0 Å². The molecule has 172 valence electrons. The predicted molar refractivity (Wildman–Crippen MR) is 126 cm³/mol. The SMILES string of the molecule is CCN(CC)CCNS(=O)(=O)[N+]1=C(c2ccccc2)C2C(=O)NC(c3ccccc3)=C2C1=O. The van der Waals surface area contributed by atoms with Crippen molar-refractivity contribution in [2.45, 2.75) is 13.8 Å². The smallest absolute Gasteiger partial charge is 0.324 e. The molecule has 2 aromatic carbocycles. The summed E-state index contributed by atoms with van der Waals surface area (Å²) in [6, 6.07) is 17.7. The molecule has 2 aliphatic rings. The summed E-state index contributed by atoms with van der Waals surface area (Å²) in [5, 5.41) is 2.80. The summed E-state index contributed by atoms with van der Waals surface area (Å²) in [6.07, 6.45) is 0. The molecule has 0 aliphatic carbocycles. The molecule has 9 heteroatoms. The van der Waals surface area contributed by atoms with Gasteiger partial charge in [-0.2, -0.15) is 4.72 Å². The molecule has 2 aliphatic heterocycles. The van der Waals surface area contributed by atoms with E-state index in [1.54, 1.807) is 54.6 Å². The van der Waals surface area contributed by atoms with E-state index in [1.165, 1.54) is 0 Å². The molecule has 0 aromatic heterocycles. The summed E-state index contributed by atoms with van der Waals surface area (Å²) in [5.74, 6) is -2.14. The highest BCUT2D eigenvalue weighted by Gasteiger charge is 2.59. The van der Waals surface area contributed by atoms with Gasteiger partial charge in [0.15, 0.2) is 5.92 Å². The molecule has 2 aromatic rings. The molecule has 1 unspecified atom stereocenters. The number of nitrogens with one attached hydrogen (secondary N) is 2. The molecule has 0 spiro atoms. The molecule has 8 nitrogen and oxygen atoms in total. The third-order valence-corrected chi connectivity index (χ3v) is 7.37. The van der Waals surface area contributed by atoms with Gasteiger partial charge in [-0.3, -0.25) is 4.79 Å². The van der Waals surface area contributed by atoms with Gasteiger partial charge in [0.1, 0.15) is 5.57 Å². The summed E-state index contributed by atoms with van der Waals surface area (Å²) in [4.78, 5) is 28.7. The topological polar surface area (TPSA) is 98.6 Å². The van der Waals surface area contributed by atoms with E-state index >= 15 is 0 Å². The van der Waals surface area contributed by atoms with Crippen molar-refractivity contribution in [3.8, 4) is 0 Å². The van der Waals surface area contributed by atoms with Crippen LogP contribution < -0.4 is 10.0 Å². The van der Waals surface area contributed by atoms with Crippen LogP contribution in [0.25, 0.3) is 5.70 Å². The molecule has 0 fully saturated rings. The van der Waals surface area contributed by atoms with Crippen LogP contribution in [-0.4, -0.2) is 61.0 Å². The molecule has 0 radical (unpaired) electrons. The lowest BCUT2D eigenvalue weighted by Gasteiger charge is -2.17. The largest absolute Gasteiger partial charge is 0.448 e. The van der Waals surface area contributed by atoms with Crippen LogP contribution in [0.15, 0.2) is 66.2 Å². The lowest BCUT2D eigenvalue weighted by atomic mass is 9.92. The maximum absolute atomic E-state index is 13.6. The van der Waals surface area contributed by atoms with Gasteiger partial charge in [-0.1, -0.05) is 62.4 Å². The third-order valence-electron chi connectivity index (χ3n) is 5.95. The fraction of sp³-hybridized carbons (Fsp3) is 0.292. The zero-order chi connectivity index (χ0) is 23.6. The first-order valence-corrected chi connectivity index (χ1v) is 12.4. The van der Waals surface area contributed by atoms with Crippen molar-refractivity contribution in [2.75, 3.05) is 26.2 Å². The lowest BCUT2D eigenvalue weighted by molar-refractivity contribution is -0.297. The molecule has 2 amide bonds. The summed E-state index contributed by atoms with van der Waals surface area (Å²) in [5.41, 5.74) is 1.81. The van der Waals surface area contributed by atoms with Gasteiger partial charge < -0.3 is 10.2 Å². The first kappa shape index (κ1) is 23.0. The molecular formula is C24H27N4O4S+. The minimum absolute atomic E-state index is 0.148. The number of carbonyl (C=O) groups excluding carboxylic acids is 2. The second kappa shape index (κ2) is 9.38. The quantitative estimate of drug-likeness (QED) is 0.543. The Kier molecular flexibility index (Phi) is 6.55. The molecule has 2 N–H and O–H groups in total. The van der Waals surface area contributed by atoms with Crippen molar-refractivity contribution >= 4 is 33.4 Å². The number of nitrogens with zero attached hydrogens (tertiary/aromatic N) is 2. The highest BCUT2D eigenvalue weighted by molar-refractivity contribution is 7.83. The Morgan fingerprint density at radius 1 is 0.939 bits per heavy atom. The Bertz CT molecular complexity index is 1230. The molecule has 0 bridgehead atoms. The zero-order valence-electron chi connectivity index (χ0n) is 18.6. The van der Waals surface area contributed by atoms with Gasteiger partial charge in [0, 0.05) is 18.7 Å². The number of fused-ring (bicyclic) bond motifs is 1. The number of rotatable bonds is 9. The fourth-order valence-corrected chi connectivity index (χ4v) is 5.53. The van der Waals surface area contributed by atoms with Crippen molar-refractivity contribution in [1.29, 1.82) is 0 Å². The highest BCUT2D eigenvalue weighted by Crippen LogP contribution is 2.37. The molecule has 2 heterocycles. The minimum atomic E-state index is -4.23. The van der Waals surface area contributed by atoms with Crippen molar-refractivity contribution < 1.29 is 22.0 Å². The van der Waals surface area contributed by atoms with Crippen LogP contribution in [0.1, 0.15) is 25.0 Å². The van der Waals surface area contributed by atoms with E-state index in [0.29, 0.717) is 23.4 Å². The molecular weight excluding hydrogens is 440 g/mol. The van der Waals surface area contributed by atoms with Gasteiger partial charge in [-0.25, -0.2) is 4.79 Å². The zero-order valence-corrected chi connectivity index (χ0v) is 19.4. The van der Waals surface area contributed by atoms with E-state index in [-0.39, 0.29) is 17.8 Å². The average molecular weight is 468 g/mol. The van der Waals surface area contributed by atoms with Crippen molar-refractivity contribution in [2.24, 2.45) is 5.92 Å². The van der Waals surface area contributed by atoms with Crippen LogP contribution in [0.2, 0.25) is 0 Å². The predicted octanol–water partition coefficient (Wildman–Crippen LogP) is 1.36. The van der Waals surface area contributed by atoms with Gasteiger partial charge in [-0.05, 0) is 34.8 Å². The van der Waals surface area contributed by atoms with Crippen molar-refractivity contribution in [3.63, 3.8) is 0 Å². The molecule has 0 saturated heterocycles. The van der Waals surface area contributed by atoms with E-state index in [9.17, 15) is 18.0 Å². The van der Waals surface area contributed by atoms with E-state index in [1.807, 2.05) is 19.9 Å². The maximum Gasteiger partial charge on any atom is 0.448 e. The maximum atomic E-state index is 13.6. The number of benzene rings is 2.